The average molecular weight is 421 g/mol. The molecule has 0 atom stereocenters. The number of piperidine rings is 1. The van der Waals surface area contributed by atoms with Crippen molar-refractivity contribution in [2.24, 2.45) is 0 Å². The third-order valence-corrected chi connectivity index (χ3v) is 6.79. The number of aromatic amines is 1. The van der Waals surface area contributed by atoms with E-state index in [2.05, 4.69) is 26.5 Å². The molecule has 1 saturated carbocycles. The molecule has 0 bridgehead atoms. The van der Waals surface area contributed by atoms with Gasteiger partial charge in [0.25, 0.3) is 5.91 Å². The zero-order chi connectivity index (χ0) is 21.4. The Morgan fingerprint density at radius 1 is 1.16 bits per heavy atom. The number of aromatic nitrogens is 2. The molecule has 1 aromatic heterocycles. The van der Waals surface area contributed by atoms with Gasteiger partial charge in [0.05, 0.1) is 5.52 Å². The van der Waals surface area contributed by atoms with E-state index in [1.165, 1.54) is 19.3 Å². The lowest BCUT2D eigenvalue weighted by molar-refractivity contribution is 0.0913. The van der Waals surface area contributed by atoms with Gasteiger partial charge in [-0.25, -0.2) is 4.39 Å². The summed E-state index contributed by atoms with van der Waals surface area (Å²) in [7, 11) is 0. The van der Waals surface area contributed by atoms with Gasteiger partial charge in [-0.15, -0.1) is 0 Å². The van der Waals surface area contributed by atoms with Gasteiger partial charge in [-0.3, -0.25) is 14.8 Å². The van der Waals surface area contributed by atoms with Gasteiger partial charge in [0.2, 0.25) is 0 Å². The summed E-state index contributed by atoms with van der Waals surface area (Å²) in [6.07, 6.45) is 6.93. The number of amides is 1. The van der Waals surface area contributed by atoms with Crippen LogP contribution in [0, 0.1) is 12.7 Å². The lowest BCUT2D eigenvalue weighted by Crippen LogP contribution is -2.39. The van der Waals surface area contributed by atoms with Crippen molar-refractivity contribution in [2.75, 3.05) is 13.1 Å². The van der Waals surface area contributed by atoms with Crippen LogP contribution in [-0.2, 0) is 6.54 Å². The van der Waals surface area contributed by atoms with Crippen molar-refractivity contribution in [3.05, 3.63) is 53.0 Å². The van der Waals surface area contributed by atoms with Crippen LogP contribution in [0.25, 0.3) is 22.0 Å². The maximum Gasteiger partial charge on any atom is 0.272 e. The molecule has 1 saturated heterocycles. The molecule has 3 aromatic rings. The second-order valence-electron chi connectivity index (χ2n) is 9.02. The summed E-state index contributed by atoms with van der Waals surface area (Å²) in [5.41, 5.74) is 4.63. The molecule has 2 aliphatic rings. The minimum atomic E-state index is -0.181. The molecule has 0 spiro atoms. The quantitative estimate of drug-likeness (QED) is 0.614. The number of rotatable bonds is 5. The van der Waals surface area contributed by atoms with E-state index in [0.29, 0.717) is 11.3 Å². The fraction of sp³-hybridized carbons (Fsp3) is 0.440. The van der Waals surface area contributed by atoms with Crippen molar-refractivity contribution in [1.29, 1.82) is 0 Å². The average Bonchev–Trinajstić information content (AvgIpc) is 3.17. The van der Waals surface area contributed by atoms with Crippen molar-refractivity contribution >= 4 is 16.8 Å². The van der Waals surface area contributed by atoms with E-state index >= 15 is 0 Å². The second kappa shape index (κ2) is 8.42. The number of H-pyrrole nitrogens is 1. The number of hydrogen-bond acceptors (Lipinski definition) is 3. The van der Waals surface area contributed by atoms with Gasteiger partial charge >= 0.3 is 0 Å². The Labute approximate surface area is 182 Å². The highest BCUT2D eigenvalue weighted by Gasteiger charge is 2.23. The highest BCUT2D eigenvalue weighted by atomic mass is 19.1. The molecule has 31 heavy (non-hydrogen) atoms. The van der Waals surface area contributed by atoms with Gasteiger partial charge in [-0.2, -0.15) is 5.10 Å². The molecule has 2 aromatic carbocycles. The molecule has 1 aliphatic carbocycles. The Morgan fingerprint density at radius 3 is 2.71 bits per heavy atom. The molecule has 2 heterocycles. The van der Waals surface area contributed by atoms with E-state index in [1.807, 2.05) is 25.1 Å². The normalized spacial score (nSPS) is 17.6. The number of likely N-dealkylation sites (tertiary alicyclic amines) is 1. The number of carbonyl (C=O) groups excluding carboxylic acids is 1. The van der Waals surface area contributed by atoms with E-state index in [1.54, 1.807) is 6.07 Å². The first-order valence-electron chi connectivity index (χ1n) is 11.4. The van der Waals surface area contributed by atoms with Crippen molar-refractivity contribution in [2.45, 2.75) is 58.0 Å². The number of nitrogens with one attached hydrogen (secondary N) is 2. The van der Waals surface area contributed by atoms with Crippen molar-refractivity contribution in [3.63, 3.8) is 0 Å². The fourth-order valence-electron chi connectivity index (χ4n) is 4.66. The second-order valence-corrected chi connectivity index (χ2v) is 9.02. The minimum absolute atomic E-state index is 0.144. The van der Waals surface area contributed by atoms with Gasteiger partial charge < -0.3 is 5.32 Å². The number of fused-ring (bicyclic) bond motifs is 1. The molecule has 5 rings (SSSR count). The first-order valence-corrected chi connectivity index (χ1v) is 11.4. The Hall–Kier alpha value is -2.73. The fourth-order valence-corrected chi connectivity index (χ4v) is 4.66. The van der Waals surface area contributed by atoms with Crippen LogP contribution in [0.4, 0.5) is 4.39 Å². The van der Waals surface area contributed by atoms with Gasteiger partial charge in [0, 0.05) is 18.0 Å². The van der Waals surface area contributed by atoms with Crippen LogP contribution in [-0.4, -0.2) is 40.1 Å². The number of benzene rings is 2. The molecule has 6 heteroatoms. The summed E-state index contributed by atoms with van der Waals surface area (Å²) >= 11 is 0. The SMILES string of the molecule is Cc1c(F)cc(CN2CCCCC2)cc1-c1ccc2[nH]nc(C(=O)NC3CCC3)c2c1. The van der Waals surface area contributed by atoms with Crippen molar-refractivity contribution < 1.29 is 9.18 Å². The van der Waals surface area contributed by atoms with Crippen molar-refractivity contribution in [3.8, 4) is 11.1 Å². The number of carbonyl (C=O) groups is 1. The predicted molar refractivity (Wildman–Crippen MR) is 120 cm³/mol. The van der Waals surface area contributed by atoms with E-state index in [0.717, 1.165) is 66.5 Å². The van der Waals surface area contributed by atoms with Gasteiger partial charge in [0.15, 0.2) is 5.69 Å². The Kier molecular flexibility index (Phi) is 5.48. The molecule has 5 nitrogen and oxygen atoms in total. The third kappa shape index (κ3) is 4.09. The number of hydrogen-bond donors (Lipinski definition) is 2. The van der Waals surface area contributed by atoms with Crippen LogP contribution in [0.2, 0.25) is 0 Å². The van der Waals surface area contributed by atoms with Gasteiger partial charge in [-0.1, -0.05) is 12.5 Å². The lowest BCUT2D eigenvalue weighted by atomic mass is 9.93. The number of nitrogens with zero attached hydrogens (tertiary/aromatic N) is 2. The Morgan fingerprint density at radius 2 is 1.97 bits per heavy atom. The highest BCUT2D eigenvalue weighted by molar-refractivity contribution is 6.05. The molecule has 2 fully saturated rings. The third-order valence-electron chi connectivity index (χ3n) is 6.79. The standard InChI is InChI=1S/C25H29FN4O/c1-16-20(12-17(13-22(16)26)15-30-10-3-2-4-11-30)18-8-9-23-21(14-18)24(29-28-23)25(31)27-19-6-5-7-19/h8-9,12-14,19H,2-7,10-11,15H2,1H3,(H,27,31)(H,28,29). The molecular weight excluding hydrogens is 391 g/mol. The van der Waals surface area contributed by atoms with Gasteiger partial charge in [-0.05, 0) is 98.6 Å². The molecule has 0 unspecified atom stereocenters. The van der Waals surface area contributed by atoms with Crippen LogP contribution < -0.4 is 5.32 Å². The van der Waals surface area contributed by atoms with Crippen LogP contribution in [0.1, 0.15) is 60.1 Å². The van der Waals surface area contributed by atoms with E-state index in [-0.39, 0.29) is 17.8 Å². The Bertz CT molecular complexity index is 1110. The monoisotopic (exact) mass is 420 g/mol. The summed E-state index contributed by atoms with van der Waals surface area (Å²) in [5.74, 6) is -0.324. The van der Waals surface area contributed by atoms with E-state index in [9.17, 15) is 9.18 Å². The molecule has 1 aliphatic heterocycles. The summed E-state index contributed by atoms with van der Waals surface area (Å²) in [6, 6.07) is 9.88. The topological polar surface area (TPSA) is 61.0 Å². The maximum absolute atomic E-state index is 14.8. The molecular formula is C25H29FN4O. The summed E-state index contributed by atoms with van der Waals surface area (Å²) in [5, 5.41) is 11.0. The number of halogens is 1. The zero-order valence-corrected chi connectivity index (χ0v) is 18.0. The predicted octanol–water partition coefficient (Wildman–Crippen LogP) is 4.95. The first kappa shape index (κ1) is 20.2. The van der Waals surface area contributed by atoms with Crippen molar-refractivity contribution in [1.82, 2.24) is 20.4 Å². The smallest absolute Gasteiger partial charge is 0.272 e. The highest BCUT2D eigenvalue weighted by Crippen LogP contribution is 2.31. The maximum atomic E-state index is 14.8. The molecule has 2 N–H and O–H groups in total. The lowest BCUT2D eigenvalue weighted by Gasteiger charge is -2.26. The van der Waals surface area contributed by atoms with Crippen LogP contribution in [0.3, 0.4) is 0 Å². The van der Waals surface area contributed by atoms with Crippen LogP contribution >= 0.6 is 0 Å². The zero-order valence-electron chi connectivity index (χ0n) is 18.0. The largest absolute Gasteiger partial charge is 0.348 e. The van der Waals surface area contributed by atoms with E-state index < -0.39 is 0 Å². The minimum Gasteiger partial charge on any atom is -0.348 e. The first-order chi connectivity index (χ1) is 15.1. The molecule has 162 valence electrons. The van der Waals surface area contributed by atoms with Crippen LogP contribution in [0.15, 0.2) is 30.3 Å². The summed E-state index contributed by atoms with van der Waals surface area (Å²) in [6.45, 7) is 4.74. The molecule has 0 radical (unpaired) electrons. The molecule has 1 amide bonds. The van der Waals surface area contributed by atoms with Crippen LogP contribution in [0.5, 0.6) is 0 Å². The Balaban J connectivity index is 1.47. The summed E-state index contributed by atoms with van der Waals surface area (Å²) in [4.78, 5) is 15.1. The van der Waals surface area contributed by atoms with Gasteiger partial charge in [0.1, 0.15) is 5.82 Å². The summed E-state index contributed by atoms with van der Waals surface area (Å²) < 4.78 is 14.8. The van der Waals surface area contributed by atoms with E-state index in [4.69, 9.17) is 0 Å².